The molecule has 0 saturated carbocycles. The van der Waals surface area contributed by atoms with Crippen molar-refractivity contribution in [2.24, 2.45) is 0 Å². The molecule has 0 unspecified atom stereocenters. The summed E-state index contributed by atoms with van der Waals surface area (Å²) in [6, 6.07) is 12.2. The third-order valence-electron chi connectivity index (χ3n) is 3.31. The van der Waals surface area contributed by atoms with Crippen LogP contribution < -0.4 is 10.5 Å². The van der Waals surface area contributed by atoms with Gasteiger partial charge in [-0.3, -0.25) is 4.72 Å². The molecule has 0 amide bonds. The Hall–Kier alpha value is -2.01. The number of sulfonamides is 1. The predicted octanol–water partition coefficient (Wildman–Crippen LogP) is 3.33. The molecule has 0 aliphatic heterocycles. The van der Waals surface area contributed by atoms with E-state index in [-0.39, 0.29) is 4.90 Å². The van der Waals surface area contributed by atoms with Crippen LogP contribution in [0.5, 0.6) is 0 Å². The maximum Gasteiger partial charge on any atom is 0.261 e. The Morgan fingerprint density at radius 3 is 2.33 bits per heavy atom. The quantitative estimate of drug-likeness (QED) is 0.832. The van der Waals surface area contributed by atoms with Gasteiger partial charge in [0.25, 0.3) is 10.0 Å². The lowest BCUT2D eigenvalue weighted by Gasteiger charge is -2.10. The van der Waals surface area contributed by atoms with E-state index in [0.717, 1.165) is 18.4 Å². The summed E-state index contributed by atoms with van der Waals surface area (Å²) in [5.74, 6) is 0. The zero-order valence-electron chi connectivity index (χ0n) is 12.3. The second kappa shape index (κ2) is 6.18. The molecular formula is C16H20N2O2S. The topological polar surface area (TPSA) is 72.2 Å². The lowest BCUT2D eigenvalue weighted by molar-refractivity contribution is 0.601. The summed E-state index contributed by atoms with van der Waals surface area (Å²) in [5.41, 5.74) is 8.84. The maximum absolute atomic E-state index is 12.3. The molecule has 0 saturated heterocycles. The lowest BCUT2D eigenvalue weighted by atomic mass is 10.1. The van der Waals surface area contributed by atoms with E-state index in [0.29, 0.717) is 11.4 Å². The smallest absolute Gasteiger partial charge is 0.261 e. The van der Waals surface area contributed by atoms with Gasteiger partial charge in [-0.25, -0.2) is 8.42 Å². The van der Waals surface area contributed by atoms with Gasteiger partial charge in [0.05, 0.1) is 4.90 Å². The second-order valence-corrected chi connectivity index (χ2v) is 6.75. The highest BCUT2D eigenvalue weighted by atomic mass is 32.2. The van der Waals surface area contributed by atoms with Crippen molar-refractivity contribution >= 4 is 21.4 Å². The first-order valence-electron chi connectivity index (χ1n) is 6.90. The number of aryl methyl sites for hydroxylation is 2. The van der Waals surface area contributed by atoms with Gasteiger partial charge in [-0.15, -0.1) is 0 Å². The first-order valence-corrected chi connectivity index (χ1v) is 8.38. The van der Waals surface area contributed by atoms with Crippen LogP contribution in [0.3, 0.4) is 0 Å². The van der Waals surface area contributed by atoms with E-state index in [4.69, 9.17) is 5.73 Å². The van der Waals surface area contributed by atoms with E-state index < -0.39 is 10.0 Å². The van der Waals surface area contributed by atoms with Gasteiger partial charge in [0.2, 0.25) is 0 Å². The fourth-order valence-electron chi connectivity index (χ4n) is 2.03. The van der Waals surface area contributed by atoms with Crippen LogP contribution in [0.15, 0.2) is 47.4 Å². The summed E-state index contributed by atoms with van der Waals surface area (Å²) in [6.45, 7) is 3.95. The van der Waals surface area contributed by atoms with Crippen molar-refractivity contribution in [3.05, 3.63) is 53.6 Å². The van der Waals surface area contributed by atoms with Gasteiger partial charge in [-0.1, -0.05) is 31.5 Å². The first kappa shape index (κ1) is 15.4. The Balaban J connectivity index is 2.22. The fourth-order valence-corrected chi connectivity index (χ4v) is 3.12. The molecule has 2 aromatic rings. The van der Waals surface area contributed by atoms with Gasteiger partial charge in [0.1, 0.15) is 0 Å². The van der Waals surface area contributed by atoms with E-state index >= 15 is 0 Å². The molecule has 0 heterocycles. The van der Waals surface area contributed by atoms with E-state index in [1.165, 1.54) is 11.6 Å². The van der Waals surface area contributed by atoms with Gasteiger partial charge < -0.3 is 5.73 Å². The number of hydrogen-bond acceptors (Lipinski definition) is 3. The first-order chi connectivity index (χ1) is 9.92. The van der Waals surface area contributed by atoms with Crippen molar-refractivity contribution in [2.75, 3.05) is 10.5 Å². The molecular weight excluding hydrogens is 284 g/mol. The molecule has 2 aromatic carbocycles. The Kier molecular flexibility index (Phi) is 4.53. The number of rotatable bonds is 5. The molecule has 0 fully saturated rings. The van der Waals surface area contributed by atoms with Gasteiger partial charge >= 0.3 is 0 Å². The van der Waals surface area contributed by atoms with Crippen LogP contribution in [0.2, 0.25) is 0 Å². The van der Waals surface area contributed by atoms with Gasteiger partial charge in [0.15, 0.2) is 0 Å². The average molecular weight is 304 g/mol. The maximum atomic E-state index is 12.3. The minimum absolute atomic E-state index is 0.170. The summed E-state index contributed by atoms with van der Waals surface area (Å²) in [5, 5.41) is 0. The van der Waals surface area contributed by atoms with Crippen molar-refractivity contribution in [3.63, 3.8) is 0 Å². The molecule has 4 nitrogen and oxygen atoms in total. The van der Waals surface area contributed by atoms with Crippen molar-refractivity contribution in [3.8, 4) is 0 Å². The SMILES string of the molecule is CCCc1ccc(NS(=O)(=O)c2ccc(C)c(N)c2)cc1. The third kappa shape index (κ3) is 3.76. The molecule has 2 rings (SSSR count). The number of anilines is 2. The number of nitrogens with two attached hydrogens (primary N) is 1. The van der Waals surface area contributed by atoms with Crippen LogP contribution in [-0.2, 0) is 16.4 Å². The molecule has 5 heteroatoms. The Labute approximate surface area is 126 Å². The van der Waals surface area contributed by atoms with Crippen LogP contribution >= 0.6 is 0 Å². The van der Waals surface area contributed by atoms with Gasteiger partial charge in [0, 0.05) is 11.4 Å². The van der Waals surface area contributed by atoms with Crippen molar-refractivity contribution in [1.29, 1.82) is 0 Å². The molecule has 0 radical (unpaired) electrons. The zero-order chi connectivity index (χ0) is 15.5. The number of nitrogen functional groups attached to an aromatic ring is 1. The highest BCUT2D eigenvalue weighted by Crippen LogP contribution is 2.20. The highest BCUT2D eigenvalue weighted by Gasteiger charge is 2.14. The molecule has 21 heavy (non-hydrogen) atoms. The Morgan fingerprint density at radius 2 is 1.76 bits per heavy atom. The van der Waals surface area contributed by atoms with Crippen LogP contribution in [0.25, 0.3) is 0 Å². The molecule has 0 aliphatic carbocycles. The lowest BCUT2D eigenvalue weighted by Crippen LogP contribution is -2.13. The summed E-state index contributed by atoms with van der Waals surface area (Å²) in [6.07, 6.45) is 2.05. The van der Waals surface area contributed by atoms with E-state index in [1.54, 1.807) is 24.3 Å². The molecule has 0 bridgehead atoms. The Bertz CT molecular complexity index is 722. The van der Waals surface area contributed by atoms with Crippen molar-refractivity contribution in [2.45, 2.75) is 31.6 Å². The molecule has 0 atom stereocenters. The summed E-state index contributed by atoms with van der Waals surface area (Å²) < 4.78 is 27.2. The van der Waals surface area contributed by atoms with E-state index in [9.17, 15) is 8.42 Å². The normalized spacial score (nSPS) is 11.3. The predicted molar refractivity (Wildman–Crippen MR) is 86.8 cm³/mol. The number of nitrogens with one attached hydrogen (secondary N) is 1. The average Bonchev–Trinajstić information content (AvgIpc) is 2.44. The van der Waals surface area contributed by atoms with E-state index in [2.05, 4.69) is 11.6 Å². The minimum Gasteiger partial charge on any atom is -0.398 e. The number of hydrogen-bond donors (Lipinski definition) is 2. The molecule has 0 aromatic heterocycles. The van der Waals surface area contributed by atoms with Crippen LogP contribution in [0, 0.1) is 6.92 Å². The van der Waals surface area contributed by atoms with Crippen LogP contribution in [0.1, 0.15) is 24.5 Å². The number of benzene rings is 2. The second-order valence-electron chi connectivity index (χ2n) is 5.07. The zero-order valence-corrected chi connectivity index (χ0v) is 13.1. The van der Waals surface area contributed by atoms with E-state index in [1.807, 2.05) is 19.1 Å². The molecule has 0 spiro atoms. The summed E-state index contributed by atoms with van der Waals surface area (Å²) >= 11 is 0. The van der Waals surface area contributed by atoms with Crippen LogP contribution in [-0.4, -0.2) is 8.42 Å². The van der Waals surface area contributed by atoms with Gasteiger partial charge in [-0.2, -0.15) is 0 Å². The van der Waals surface area contributed by atoms with Crippen LogP contribution in [0.4, 0.5) is 11.4 Å². The molecule has 3 N–H and O–H groups in total. The third-order valence-corrected chi connectivity index (χ3v) is 4.68. The molecule has 0 aliphatic rings. The van der Waals surface area contributed by atoms with Crippen molar-refractivity contribution < 1.29 is 8.42 Å². The standard InChI is InChI=1S/C16H20N2O2S/c1-3-4-13-6-8-14(9-7-13)18-21(19,20)15-10-5-12(2)16(17)11-15/h5-11,18H,3-4,17H2,1-2H3. The largest absolute Gasteiger partial charge is 0.398 e. The summed E-state index contributed by atoms with van der Waals surface area (Å²) in [7, 11) is -3.61. The van der Waals surface area contributed by atoms with Crippen molar-refractivity contribution in [1.82, 2.24) is 0 Å². The molecule has 112 valence electrons. The van der Waals surface area contributed by atoms with Gasteiger partial charge in [-0.05, 0) is 48.7 Å². The fraction of sp³-hybridized carbons (Fsp3) is 0.250. The Morgan fingerprint density at radius 1 is 1.10 bits per heavy atom. The summed E-state index contributed by atoms with van der Waals surface area (Å²) in [4.78, 5) is 0.170. The monoisotopic (exact) mass is 304 g/mol. The minimum atomic E-state index is -3.61. The highest BCUT2D eigenvalue weighted by molar-refractivity contribution is 7.92.